The van der Waals surface area contributed by atoms with Crippen LogP contribution in [0.5, 0.6) is 5.75 Å². The summed E-state index contributed by atoms with van der Waals surface area (Å²) in [5, 5.41) is 0.628. The molecule has 0 radical (unpaired) electrons. The zero-order chi connectivity index (χ0) is 9.97. The standard InChI is InChI=1S/C9H10O3S2/c10-14(11)9-3-1-7(2-4-9)12-5-8-6-13-8/h1-4,8H,5-6H2,(H,10,11)/p-1. The molecule has 1 aromatic rings. The zero-order valence-corrected chi connectivity index (χ0v) is 8.98. The lowest BCUT2D eigenvalue weighted by Crippen LogP contribution is -2.02. The van der Waals surface area contributed by atoms with E-state index in [9.17, 15) is 8.76 Å². The molecule has 2 rings (SSSR count). The highest BCUT2D eigenvalue weighted by Gasteiger charge is 2.22. The molecule has 2 atom stereocenters. The summed E-state index contributed by atoms with van der Waals surface area (Å²) in [4.78, 5) is 0.290. The number of hydrogen-bond acceptors (Lipinski definition) is 4. The van der Waals surface area contributed by atoms with Gasteiger partial charge in [-0.05, 0) is 35.3 Å². The summed E-state index contributed by atoms with van der Waals surface area (Å²) < 4.78 is 26.5. The second kappa shape index (κ2) is 4.33. The number of rotatable bonds is 4. The van der Waals surface area contributed by atoms with E-state index >= 15 is 0 Å². The van der Waals surface area contributed by atoms with Crippen LogP contribution in [0.25, 0.3) is 0 Å². The van der Waals surface area contributed by atoms with Crippen molar-refractivity contribution in [1.29, 1.82) is 0 Å². The van der Waals surface area contributed by atoms with Crippen molar-refractivity contribution in [2.75, 3.05) is 12.4 Å². The molecule has 3 nitrogen and oxygen atoms in total. The molecule has 0 N–H and O–H groups in total. The summed E-state index contributed by atoms with van der Waals surface area (Å²) >= 11 is -0.275. The third-order valence-electron chi connectivity index (χ3n) is 1.85. The largest absolute Gasteiger partial charge is 0.768 e. The van der Waals surface area contributed by atoms with Gasteiger partial charge in [0, 0.05) is 15.9 Å². The van der Waals surface area contributed by atoms with Crippen LogP contribution in [0.15, 0.2) is 29.2 Å². The van der Waals surface area contributed by atoms with E-state index in [0.717, 1.165) is 5.75 Å². The van der Waals surface area contributed by atoms with Gasteiger partial charge in [0.05, 0.1) is 0 Å². The molecule has 1 fully saturated rings. The van der Waals surface area contributed by atoms with E-state index in [-0.39, 0.29) is 4.90 Å². The minimum Gasteiger partial charge on any atom is -0.768 e. The van der Waals surface area contributed by atoms with Gasteiger partial charge in [-0.2, -0.15) is 11.8 Å². The van der Waals surface area contributed by atoms with Gasteiger partial charge in [0.1, 0.15) is 12.4 Å². The third kappa shape index (κ3) is 2.73. The van der Waals surface area contributed by atoms with Crippen LogP contribution in [0.3, 0.4) is 0 Å². The monoisotopic (exact) mass is 229 g/mol. The molecule has 76 valence electrons. The maximum Gasteiger partial charge on any atom is 0.119 e. The minimum absolute atomic E-state index is 0.290. The Bertz CT molecular complexity index is 332. The Labute approximate surface area is 89.1 Å². The van der Waals surface area contributed by atoms with E-state index in [1.165, 1.54) is 5.75 Å². The lowest BCUT2D eigenvalue weighted by atomic mass is 10.3. The van der Waals surface area contributed by atoms with Crippen LogP contribution >= 0.6 is 11.8 Å². The molecule has 1 aliphatic heterocycles. The fourth-order valence-electron chi connectivity index (χ4n) is 1.00. The SMILES string of the molecule is O=S([O-])c1ccc(OCC2CS2)cc1. The summed E-state index contributed by atoms with van der Waals surface area (Å²) in [5.41, 5.74) is 0. The number of hydrogen-bond donors (Lipinski definition) is 0. The van der Waals surface area contributed by atoms with Gasteiger partial charge in [-0.1, -0.05) is 0 Å². The summed E-state index contributed by atoms with van der Waals surface area (Å²) in [6.45, 7) is 0.713. The predicted molar refractivity (Wildman–Crippen MR) is 55.4 cm³/mol. The quantitative estimate of drug-likeness (QED) is 0.578. The third-order valence-corrected chi connectivity index (χ3v) is 3.45. The first-order chi connectivity index (χ1) is 6.75. The molecule has 0 bridgehead atoms. The van der Waals surface area contributed by atoms with Crippen LogP contribution in [0.1, 0.15) is 0 Å². The molecule has 0 amide bonds. The highest BCUT2D eigenvalue weighted by atomic mass is 32.2. The highest BCUT2D eigenvalue weighted by Crippen LogP contribution is 2.30. The van der Waals surface area contributed by atoms with Crippen LogP contribution in [-0.2, 0) is 11.1 Å². The van der Waals surface area contributed by atoms with E-state index in [2.05, 4.69) is 0 Å². The van der Waals surface area contributed by atoms with Crippen molar-refractivity contribution in [3.63, 3.8) is 0 Å². The average Bonchev–Trinajstić information content (AvgIpc) is 2.99. The molecular formula is C9H9O3S2-. The summed E-state index contributed by atoms with van der Waals surface area (Å²) in [5.74, 6) is 1.90. The van der Waals surface area contributed by atoms with Crippen molar-refractivity contribution in [2.45, 2.75) is 10.1 Å². The van der Waals surface area contributed by atoms with E-state index < -0.39 is 11.1 Å². The zero-order valence-electron chi connectivity index (χ0n) is 7.34. The molecule has 1 saturated heterocycles. The molecule has 5 heteroatoms. The van der Waals surface area contributed by atoms with Gasteiger partial charge in [0.2, 0.25) is 0 Å². The van der Waals surface area contributed by atoms with E-state index in [4.69, 9.17) is 4.74 Å². The van der Waals surface area contributed by atoms with Crippen LogP contribution < -0.4 is 4.74 Å². The molecule has 2 unspecified atom stereocenters. The van der Waals surface area contributed by atoms with Gasteiger partial charge in [-0.3, -0.25) is 4.21 Å². The van der Waals surface area contributed by atoms with Crippen molar-refractivity contribution >= 4 is 22.8 Å². The first-order valence-electron chi connectivity index (χ1n) is 4.19. The minimum atomic E-state index is -2.15. The Kier molecular flexibility index (Phi) is 3.10. The second-order valence-corrected chi connectivity index (χ2v) is 5.25. The van der Waals surface area contributed by atoms with E-state index in [1.807, 2.05) is 11.8 Å². The lowest BCUT2D eigenvalue weighted by molar-refractivity contribution is 0.329. The van der Waals surface area contributed by atoms with E-state index in [0.29, 0.717) is 11.9 Å². The molecule has 1 aliphatic rings. The predicted octanol–water partition coefficient (Wildman–Crippen LogP) is 1.42. The highest BCUT2D eigenvalue weighted by molar-refractivity contribution is 8.06. The molecule has 14 heavy (non-hydrogen) atoms. The Morgan fingerprint density at radius 2 is 2.14 bits per heavy atom. The molecule has 0 spiro atoms. The number of thioether (sulfide) groups is 1. The molecule has 0 aliphatic carbocycles. The molecule has 1 aromatic carbocycles. The van der Waals surface area contributed by atoms with Gasteiger partial charge in [-0.25, -0.2) is 0 Å². The van der Waals surface area contributed by atoms with Crippen molar-refractivity contribution in [1.82, 2.24) is 0 Å². The van der Waals surface area contributed by atoms with Crippen LogP contribution in [0, 0.1) is 0 Å². The first kappa shape index (κ1) is 10.0. The van der Waals surface area contributed by atoms with Gasteiger partial charge in [0.15, 0.2) is 0 Å². The van der Waals surface area contributed by atoms with Crippen molar-refractivity contribution < 1.29 is 13.5 Å². The number of benzene rings is 1. The molecule has 0 saturated carbocycles. The normalized spacial score (nSPS) is 21.6. The van der Waals surface area contributed by atoms with Gasteiger partial charge < -0.3 is 9.29 Å². The second-order valence-electron chi connectivity index (χ2n) is 2.97. The van der Waals surface area contributed by atoms with Crippen molar-refractivity contribution in [3.8, 4) is 5.75 Å². The Balaban J connectivity index is 1.94. The van der Waals surface area contributed by atoms with Crippen molar-refractivity contribution in [3.05, 3.63) is 24.3 Å². The summed E-state index contributed by atoms with van der Waals surface area (Å²) in [6.07, 6.45) is 0. The Morgan fingerprint density at radius 3 is 2.64 bits per heavy atom. The van der Waals surface area contributed by atoms with Crippen LogP contribution in [0.2, 0.25) is 0 Å². The van der Waals surface area contributed by atoms with Crippen LogP contribution in [-0.4, -0.2) is 26.4 Å². The Morgan fingerprint density at radius 1 is 1.50 bits per heavy atom. The van der Waals surface area contributed by atoms with E-state index in [1.54, 1.807) is 24.3 Å². The summed E-state index contributed by atoms with van der Waals surface area (Å²) in [6, 6.07) is 6.44. The van der Waals surface area contributed by atoms with Gasteiger partial charge in [0.25, 0.3) is 0 Å². The molecular weight excluding hydrogens is 220 g/mol. The first-order valence-corrected chi connectivity index (χ1v) is 6.32. The van der Waals surface area contributed by atoms with Gasteiger partial charge >= 0.3 is 0 Å². The number of ether oxygens (including phenoxy) is 1. The maximum absolute atomic E-state index is 10.5. The Hall–Kier alpha value is -0.520. The van der Waals surface area contributed by atoms with Crippen molar-refractivity contribution in [2.24, 2.45) is 0 Å². The maximum atomic E-state index is 10.5. The fourth-order valence-corrected chi connectivity index (χ4v) is 1.76. The van der Waals surface area contributed by atoms with Gasteiger partial charge in [-0.15, -0.1) is 0 Å². The average molecular weight is 229 g/mol. The van der Waals surface area contributed by atoms with Crippen LogP contribution in [0.4, 0.5) is 0 Å². The smallest absolute Gasteiger partial charge is 0.119 e. The molecule has 0 aromatic heterocycles. The summed E-state index contributed by atoms with van der Waals surface area (Å²) in [7, 11) is 0. The lowest BCUT2D eigenvalue weighted by Gasteiger charge is -2.07. The molecule has 1 heterocycles. The topological polar surface area (TPSA) is 49.4 Å². The fraction of sp³-hybridized carbons (Fsp3) is 0.333.